The maximum Gasteiger partial charge on any atom is 0.276 e. The zero-order chi connectivity index (χ0) is 15.9. The van der Waals surface area contributed by atoms with Gasteiger partial charge in [-0.25, -0.2) is 0 Å². The van der Waals surface area contributed by atoms with E-state index in [1.54, 1.807) is 17.9 Å². The van der Waals surface area contributed by atoms with Gasteiger partial charge in [0.05, 0.1) is 12.6 Å². The normalized spacial score (nSPS) is 17.9. The average Bonchev–Trinajstić information content (AvgIpc) is 3.04. The lowest BCUT2D eigenvalue weighted by atomic mass is 10.0. The molecule has 22 heavy (non-hydrogen) atoms. The summed E-state index contributed by atoms with van der Waals surface area (Å²) in [6.45, 7) is 9.21. The van der Waals surface area contributed by atoms with E-state index in [0.717, 1.165) is 18.1 Å². The molecule has 0 fully saturated rings. The number of carbonyl (C=O) groups excluding carboxylic acids is 1. The minimum absolute atomic E-state index is 0.113. The van der Waals surface area contributed by atoms with Gasteiger partial charge in [0.25, 0.3) is 5.91 Å². The molecule has 0 aromatic carbocycles. The standard InChI is InChI=1S/C15H21N5O2/c1-9(2)5-12-7-19(8-14-17-16-11(4)20(12)14)15(21)13-6-10(3)22-18-13/h6,9,12H,5,7-8H2,1-4H3/t12-/m0/s1. The zero-order valence-electron chi connectivity index (χ0n) is 13.4. The van der Waals surface area contributed by atoms with Gasteiger partial charge in [0.15, 0.2) is 11.5 Å². The molecule has 0 spiro atoms. The number of amides is 1. The minimum Gasteiger partial charge on any atom is -0.361 e. The van der Waals surface area contributed by atoms with E-state index < -0.39 is 0 Å². The summed E-state index contributed by atoms with van der Waals surface area (Å²) in [5, 5.41) is 12.2. The van der Waals surface area contributed by atoms with Gasteiger partial charge in [-0.05, 0) is 26.2 Å². The number of nitrogens with zero attached hydrogens (tertiary/aromatic N) is 5. The number of hydrogen-bond acceptors (Lipinski definition) is 5. The second-order valence-electron chi connectivity index (χ2n) is 6.33. The Hall–Kier alpha value is -2.18. The van der Waals surface area contributed by atoms with Crippen LogP contribution >= 0.6 is 0 Å². The second kappa shape index (κ2) is 5.55. The molecule has 7 heteroatoms. The topological polar surface area (TPSA) is 77.1 Å². The Labute approximate surface area is 129 Å². The van der Waals surface area contributed by atoms with Gasteiger partial charge in [-0.15, -0.1) is 10.2 Å². The Morgan fingerprint density at radius 3 is 2.82 bits per heavy atom. The number of carbonyl (C=O) groups is 1. The zero-order valence-corrected chi connectivity index (χ0v) is 13.4. The number of aromatic nitrogens is 4. The molecular weight excluding hydrogens is 282 g/mol. The average molecular weight is 303 g/mol. The highest BCUT2D eigenvalue weighted by molar-refractivity contribution is 5.92. The van der Waals surface area contributed by atoms with Gasteiger partial charge in [0.1, 0.15) is 11.6 Å². The van der Waals surface area contributed by atoms with Gasteiger partial charge in [0, 0.05) is 12.6 Å². The summed E-state index contributed by atoms with van der Waals surface area (Å²) in [5.41, 5.74) is 0.352. The number of aryl methyl sites for hydroxylation is 2. The van der Waals surface area contributed by atoms with E-state index in [-0.39, 0.29) is 11.9 Å². The SMILES string of the molecule is Cc1cc(C(=O)N2Cc3nnc(C)n3[C@@H](CC(C)C)C2)no1. The van der Waals surface area contributed by atoms with Crippen molar-refractivity contribution in [3.05, 3.63) is 29.2 Å². The summed E-state index contributed by atoms with van der Waals surface area (Å²) in [6, 6.07) is 1.88. The first-order chi connectivity index (χ1) is 10.5. The Morgan fingerprint density at radius 2 is 2.18 bits per heavy atom. The third kappa shape index (κ3) is 2.63. The number of fused-ring (bicyclic) bond motifs is 1. The lowest BCUT2D eigenvalue weighted by Gasteiger charge is -2.34. The summed E-state index contributed by atoms with van der Waals surface area (Å²) < 4.78 is 7.18. The van der Waals surface area contributed by atoms with Crippen LogP contribution in [0.5, 0.6) is 0 Å². The predicted molar refractivity (Wildman–Crippen MR) is 79.2 cm³/mol. The van der Waals surface area contributed by atoms with Crippen molar-refractivity contribution in [3.8, 4) is 0 Å². The first kappa shape index (κ1) is 14.7. The van der Waals surface area contributed by atoms with Crippen LogP contribution in [0, 0.1) is 19.8 Å². The van der Waals surface area contributed by atoms with Crippen molar-refractivity contribution in [1.29, 1.82) is 0 Å². The Morgan fingerprint density at radius 1 is 1.41 bits per heavy atom. The molecule has 1 atom stereocenters. The largest absolute Gasteiger partial charge is 0.361 e. The third-order valence-corrected chi connectivity index (χ3v) is 3.94. The fraction of sp³-hybridized carbons (Fsp3) is 0.600. The van der Waals surface area contributed by atoms with Crippen LogP contribution in [0.15, 0.2) is 10.6 Å². The van der Waals surface area contributed by atoms with Crippen molar-refractivity contribution in [2.24, 2.45) is 5.92 Å². The van der Waals surface area contributed by atoms with Gasteiger partial charge in [-0.2, -0.15) is 0 Å². The van der Waals surface area contributed by atoms with E-state index in [1.807, 2.05) is 6.92 Å². The molecule has 0 radical (unpaired) electrons. The van der Waals surface area contributed by atoms with E-state index in [4.69, 9.17) is 4.52 Å². The van der Waals surface area contributed by atoms with Crippen molar-refractivity contribution in [2.45, 2.75) is 46.7 Å². The van der Waals surface area contributed by atoms with Crippen LogP contribution in [0.1, 0.15) is 54.2 Å². The van der Waals surface area contributed by atoms with Crippen LogP contribution in [-0.2, 0) is 6.54 Å². The summed E-state index contributed by atoms with van der Waals surface area (Å²) in [7, 11) is 0. The molecule has 1 aliphatic rings. The summed E-state index contributed by atoms with van der Waals surface area (Å²) >= 11 is 0. The van der Waals surface area contributed by atoms with Crippen LogP contribution in [0.4, 0.5) is 0 Å². The maximum atomic E-state index is 12.6. The first-order valence-corrected chi connectivity index (χ1v) is 7.58. The van der Waals surface area contributed by atoms with Crippen LogP contribution in [0.3, 0.4) is 0 Å². The molecule has 3 heterocycles. The maximum absolute atomic E-state index is 12.6. The summed E-state index contributed by atoms with van der Waals surface area (Å²) in [5.74, 6) is 2.80. The molecule has 1 aliphatic heterocycles. The molecule has 0 saturated heterocycles. The van der Waals surface area contributed by atoms with Crippen molar-refractivity contribution in [3.63, 3.8) is 0 Å². The fourth-order valence-electron chi connectivity index (χ4n) is 3.08. The molecule has 1 amide bonds. The smallest absolute Gasteiger partial charge is 0.276 e. The highest BCUT2D eigenvalue weighted by atomic mass is 16.5. The highest BCUT2D eigenvalue weighted by Crippen LogP contribution is 2.27. The Kier molecular flexibility index (Phi) is 3.72. The van der Waals surface area contributed by atoms with Crippen molar-refractivity contribution in [2.75, 3.05) is 6.54 Å². The molecule has 3 rings (SSSR count). The summed E-state index contributed by atoms with van der Waals surface area (Å²) in [4.78, 5) is 14.4. The Balaban J connectivity index is 1.88. The molecule has 0 N–H and O–H groups in total. The van der Waals surface area contributed by atoms with E-state index >= 15 is 0 Å². The number of hydrogen-bond donors (Lipinski definition) is 0. The highest BCUT2D eigenvalue weighted by Gasteiger charge is 2.32. The lowest BCUT2D eigenvalue weighted by molar-refractivity contribution is 0.0650. The van der Waals surface area contributed by atoms with E-state index in [9.17, 15) is 4.79 Å². The second-order valence-corrected chi connectivity index (χ2v) is 6.33. The van der Waals surface area contributed by atoms with Gasteiger partial charge in [-0.1, -0.05) is 19.0 Å². The summed E-state index contributed by atoms with van der Waals surface area (Å²) in [6.07, 6.45) is 0.980. The van der Waals surface area contributed by atoms with Gasteiger partial charge in [-0.3, -0.25) is 4.79 Å². The Bertz CT molecular complexity index is 688. The molecule has 0 aliphatic carbocycles. The van der Waals surface area contributed by atoms with Crippen LogP contribution in [0.25, 0.3) is 0 Å². The minimum atomic E-state index is -0.113. The van der Waals surface area contributed by atoms with Gasteiger partial charge < -0.3 is 14.0 Å². The molecule has 0 bridgehead atoms. The molecule has 2 aromatic rings. The van der Waals surface area contributed by atoms with E-state index in [2.05, 4.69) is 33.8 Å². The van der Waals surface area contributed by atoms with Crippen molar-refractivity contribution in [1.82, 2.24) is 24.8 Å². The molecule has 2 aromatic heterocycles. The molecule has 118 valence electrons. The van der Waals surface area contributed by atoms with E-state index in [1.165, 1.54) is 0 Å². The molecular formula is C15H21N5O2. The molecule has 0 saturated carbocycles. The van der Waals surface area contributed by atoms with E-state index in [0.29, 0.717) is 30.5 Å². The monoisotopic (exact) mass is 303 g/mol. The molecule has 0 unspecified atom stereocenters. The van der Waals surface area contributed by atoms with Gasteiger partial charge in [0.2, 0.25) is 0 Å². The molecule has 7 nitrogen and oxygen atoms in total. The number of rotatable bonds is 3. The van der Waals surface area contributed by atoms with Crippen molar-refractivity contribution < 1.29 is 9.32 Å². The third-order valence-electron chi connectivity index (χ3n) is 3.94. The fourth-order valence-corrected chi connectivity index (χ4v) is 3.08. The van der Waals surface area contributed by atoms with Crippen molar-refractivity contribution >= 4 is 5.91 Å². The van der Waals surface area contributed by atoms with Crippen LogP contribution in [0.2, 0.25) is 0 Å². The van der Waals surface area contributed by atoms with Gasteiger partial charge >= 0.3 is 0 Å². The quantitative estimate of drug-likeness (QED) is 0.868. The predicted octanol–water partition coefficient (Wildman–Crippen LogP) is 2.13. The lowest BCUT2D eigenvalue weighted by Crippen LogP contribution is -2.42. The first-order valence-electron chi connectivity index (χ1n) is 7.58. The van der Waals surface area contributed by atoms with Crippen LogP contribution in [-0.4, -0.2) is 37.3 Å². The van der Waals surface area contributed by atoms with Crippen LogP contribution < -0.4 is 0 Å².